The third kappa shape index (κ3) is 78.2. The van der Waals surface area contributed by atoms with Crippen LogP contribution in [0, 0.1) is 0 Å². The highest BCUT2D eigenvalue weighted by Gasteiger charge is 2.16. The molecule has 320 valence electrons. The van der Waals surface area contributed by atoms with Crippen molar-refractivity contribution in [3.05, 3.63) is 12.2 Å². The molecule has 0 aromatic rings. The summed E-state index contributed by atoms with van der Waals surface area (Å²) in [4.78, 5) is 75.0. The van der Waals surface area contributed by atoms with Gasteiger partial charge in [-0.05, 0) is 12.8 Å². The molecule has 0 aromatic carbocycles. The van der Waals surface area contributed by atoms with Crippen molar-refractivity contribution >= 4 is 47.8 Å². The van der Waals surface area contributed by atoms with Gasteiger partial charge >= 0.3 is 12.1 Å². The number of amides is 9. The Morgan fingerprint density at radius 2 is 0.849 bits per heavy atom. The molecule has 5 rings (SSSR count). The van der Waals surface area contributed by atoms with E-state index in [1.165, 1.54) is 12.2 Å². The molecule has 6 N–H and O–H groups in total. The number of urea groups is 2. The molecular weight excluding hydrogens is 682 g/mol. The second-order valence-electron chi connectivity index (χ2n) is 6.34. The van der Waals surface area contributed by atoms with E-state index in [4.69, 9.17) is 0 Å². The molecule has 15 nitrogen and oxygen atoms in total. The minimum atomic E-state index is -0.398. The maximum atomic E-state index is 10.1. The van der Waals surface area contributed by atoms with Crippen LogP contribution in [0.2, 0.25) is 0 Å². The van der Waals surface area contributed by atoms with Gasteiger partial charge in [0, 0.05) is 44.3 Å². The molecule has 9 amide bonds. The van der Waals surface area contributed by atoms with E-state index < -0.39 is 6.03 Å². The predicted molar refractivity (Wildman–Crippen MR) is 225 cm³/mol. The summed E-state index contributed by atoms with van der Waals surface area (Å²) in [6, 6.07) is -0.444. The van der Waals surface area contributed by atoms with Gasteiger partial charge in [-0.3, -0.25) is 39.9 Å². The lowest BCUT2D eigenvalue weighted by molar-refractivity contribution is -0.125. The maximum absolute atomic E-state index is 10.1. The van der Waals surface area contributed by atoms with Crippen LogP contribution in [0.15, 0.2) is 17.3 Å². The Balaban J connectivity index is -0.0000000488. The second kappa shape index (κ2) is 81.6. The summed E-state index contributed by atoms with van der Waals surface area (Å²) in [5, 5.41) is 17.2. The number of carbonyl (C=O) groups is 7. The largest absolute Gasteiger partial charge is 0.396 e. The highest BCUT2D eigenvalue weighted by atomic mass is 16.6. The third-order valence-electron chi connectivity index (χ3n) is 3.57. The van der Waals surface area contributed by atoms with Crippen LogP contribution in [-0.2, 0) is 28.8 Å². The molecule has 0 bridgehead atoms. The first-order chi connectivity index (χ1) is 25.8. The van der Waals surface area contributed by atoms with Crippen LogP contribution in [0.1, 0.15) is 164 Å². The average molecular weight is 768 g/mol. The molecular formula is C38H85N7O8. The van der Waals surface area contributed by atoms with Gasteiger partial charge in [0.1, 0.15) is 6.61 Å². The molecule has 0 aliphatic carbocycles. The van der Waals surface area contributed by atoms with E-state index in [1.54, 1.807) is 6.21 Å². The van der Waals surface area contributed by atoms with E-state index in [0.717, 1.165) is 32.5 Å². The maximum Gasteiger partial charge on any atom is 0.321 e. The summed E-state index contributed by atoms with van der Waals surface area (Å²) in [5.41, 5.74) is 0. The van der Waals surface area contributed by atoms with Crippen LogP contribution in [-0.4, -0.2) is 74.1 Å². The van der Waals surface area contributed by atoms with Gasteiger partial charge in [-0.15, -0.1) is 0 Å². The number of hydrogen-bond donors (Lipinski definition) is 6. The number of oxime groups is 1. The minimum Gasteiger partial charge on any atom is -0.396 e. The van der Waals surface area contributed by atoms with Crippen molar-refractivity contribution in [2.75, 3.05) is 26.2 Å². The van der Waals surface area contributed by atoms with E-state index in [9.17, 15) is 33.6 Å². The fraction of sp³-hybridized carbons (Fsp3) is 0.737. The highest BCUT2D eigenvalue weighted by molar-refractivity contribution is 6.12. The van der Waals surface area contributed by atoms with Crippen LogP contribution in [0.25, 0.3) is 0 Å². The monoisotopic (exact) mass is 768 g/mol. The number of imide groups is 3. The average Bonchev–Trinajstić information content (AvgIpc) is 4.08. The van der Waals surface area contributed by atoms with Crippen LogP contribution in [0.3, 0.4) is 0 Å². The molecule has 3 saturated heterocycles. The quantitative estimate of drug-likeness (QED) is 0.105. The summed E-state index contributed by atoms with van der Waals surface area (Å²) in [6.07, 6.45) is 7.15. The van der Waals surface area contributed by atoms with Gasteiger partial charge in [0.05, 0.1) is 6.54 Å². The summed E-state index contributed by atoms with van der Waals surface area (Å²) in [5.74, 6) is -1.21. The summed E-state index contributed by atoms with van der Waals surface area (Å²) in [7, 11) is 0. The van der Waals surface area contributed by atoms with Crippen molar-refractivity contribution in [2.45, 2.75) is 164 Å². The zero-order valence-corrected chi connectivity index (χ0v) is 37.6. The molecule has 0 saturated carbocycles. The lowest BCUT2D eigenvalue weighted by Crippen LogP contribution is -2.22. The fourth-order valence-corrected chi connectivity index (χ4v) is 2.05. The van der Waals surface area contributed by atoms with Gasteiger partial charge in [0.25, 0.3) is 11.8 Å². The second-order valence-corrected chi connectivity index (χ2v) is 6.34. The lowest BCUT2D eigenvalue weighted by Gasteiger charge is -1.99. The predicted octanol–water partition coefficient (Wildman–Crippen LogP) is 7.79. The first kappa shape index (κ1) is 74.0. The molecule has 0 unspecified atom stereocenters. The molecule has 0 spiro atoms. The number of nitrogens with zero attached hydrogens (tertiary/aromatic N) is 1. The topological polar surface area (TPSA) is 213 Å². The van der Waals surface area contributed by atoms with Gasteiger partial charge < -0.3 is 20.8 Å². The first-order valence-corrected chi connectivity index (χ1v) is 19.8. The van der Waals surface area contributed by atoms with Crippen LogP contribution >= 0.6 is 0 Å². The standard InChI is InChI=1S/C4H5NO2.C4H3NO2.C4H7NO.C3H4N2O2.C3H6N2O.10C2H6/c2*6-3-1-2-4(7)5-3;1-2-4-6-5-3-1;6-2-1-4-3(7)5-2;6-3-4-1-2-5-3;10*1-2/h1-2H2,(H,5,6,7);1-2H,(H,5,6,7);3H,1-2,4H2;1H2,(H2,4,5,6,7);1-2H2,(H2,4,5,6);10*1-2H3. The van der Waals surface area contributed by atoms with Crippen molar-refractivity contribution < 1.29 is 38.4 Å². The van der Waals surface area contributed by atoms with Crippen LogP contribution in [0.5, 0.6) is 0 Å². The number of rotatable bonds is 0. The Labute approximate surface area is 325 Å². The van der Waals surface area contributed by atoms with E-state index in [1.807, 2.05) is 149 Å². The molecule has 0 radical (unpaired) electrons. The number of nitrogens with one attached hydrogen (secondary N) is 6. The van der Waals surface area contributed by atoms with Crippen molar-refractivity contribution in [1.29, 1.82) is 0 Å². The van der Waals surface area contributed by atoms with E-state index in [2.05, 4.69) is 31.3 Å². The Kier molecular flexibility index (Phi) is 114. The van der Waals surface area contributed by atoms with Gasteiger partial charge in [0.2, 0.25) is 17.7 Å². The number of carbonyl (C=O) groups excluding carboxylic acids is 7. The van der Waals surface area contributed by atoms with Crippen molar-refractivity contribution in [3.8, 4) is 0 Å². The molecule has 15 heteroatoms. The van der Waals surface area contributed by atoms with Crippen molar-refractivity contribution in [1.82, 2.24) is 31.9 Å². The van der Waals surface area contributed by atoms with Crippen LogP contribution < -0.4 is 31.9 Å². The first-order valence-electron chi connectivity index (χ1n) is 19.8. The SMILES string of the molecule is C1=NOCCC1.CC.CC.CC.CC.CC.CC.CC.CC.CC.CC.O=C1C=CC(=O)N1.O=C1CCC(=O)N1.O=C1CNC(=O)N1.O=C1NCCN1. The Hall–Kier alpha value is -4.30. The molecule has 5 aliphatic rings. The van der Waals surface area contributed by atoms with Gasteiger partial charge in [-0.25, -0.2) is 9.59 Å². The Morgan fingerprint density at radius 1 is 0.472 bits per heavy atom. The Bertz CT molecular complexity index is 747. The van der Waals surface area contributed by atoms with E-state index >= 15 is 0 Å². The zero-order chi connectivity index (χ0) is 44.5. The third-order valence-corrected chi connectivity index (χ3v) is 3.57. The molecule has 3 fully saturated rings. The van der Waals surface area contributed by atoms with Gasteiger partial charge in [-0.2, -0.15) is 0 Å². The summed E-state index contributed by atoms with van der Waals surface area (Å²) >= 11 is 0. The normalized spacial score (nSPS) is 13.1. The van der Waals surface area contributed by atoms with E-state index in [-0.39, 0.29) is 42.1 Å². The molecule has 0 atom stereocenters. The van der Waals surface area contributed by atoms with Crippen molar-refractivity contribution in [3.63, 3.8) is 0 Å². The minimum absolute atomic E-state index is 0.0463. The molecule has 5 aliphatic heterocycles. The van der Waals surface area contributed by atoms with Crippen LogP contribution in [0.4, 0.5) is 9.59 Å². The summed E-state index contributed by atoms with van der Waals surface area (Å²) < 4.78 is 0. The zero-order valence-electron chi connectivity index (χ0n) is 37.6. The van der Waals surface area contributed by atoms with E-state index in [0.29, 0.717) is 12.8 Å². The highest BCUT2D eigenvalue weighted by Crippen LogP contribution is 1.96. The van der Waals surface area contributed by atoms with Crippen molar-refractivity contribution in [2.24, 2.45) is 5.16 Å². The van der Waals surface area contributed by atoms with Gasteiger partial charge in [0.15, 0.2) is 0 Å². The fourth-order valence-electron chi connectivity index (χ4n) is 2.05. The Morgan fingerprint density at radius 3 is 0.943 bits per heavy atom. The molecule has 5 heterocycles. The smallest absolute Gasteiger partial charge is 0.321 e. The summed E-state index contributed by atoms with van der Waals surface area (Å²) in [6.45, 7) is 42.5. The van der Waals surface area contributed by atoms with Gasteiger partial charge in [-0.1, -0.05) is 144 Å². The molecule has 0 aromatic heterocycles. The number of hydrogen-bond acceptors (Lipinski definition) is 9. The molecule has 53 heavy (non-hydrogen) atoms. The lowest BCUT2D eigenvalue weighted by atomic mass is 10.3.